The summed E-state index contributed by atoms with van der Waals surface area (Å²) in [4.78, 5) is 0. The first-order valence-electron chi connectivity index (χ1n) is 9.11. The van der Waals surface area contributed by atoms with Gasteiger partial charge in [-0.2, -0.15) is 0 Å². The van der Waals surface area contributed by atoms with Gasteiger partial charge in [0.2, 0.25) is 0 Å². The molecule has 20 heavy (non-hydrogen) atoms. The highest BCUT2D eigenvalue weighted by atomic mass is 14.1. The van der Waals surface area contributed by atoms with E-state index in [9.17, 15) is 0 Å². The highest BCUT2D eigenvalue weighted by Gasteiger charge is 2.03. The second kappa shape index (κ2) is 12.5. The summed E-state index contributed by atoms with van der Waals surface area (Å²) in [5, 5.41) is 0. The molecule has 2 unspecified atom stereocenters. The summed E-state index contributed by atoms with van der Waals surface area (Å²) in [7, 11) is 0. The molecule has 0 heterocycles. The van der Waals surface area contributed by atoms with E-state index in [1.807, 2.05) is 0 Å². The Balaban J connectivity index is 3.58. The number of allylic oxidation sites excluding steroid dienone is 2. The van der Waals surface area contributed by atoms with E-state index in [0.29, 0.717) is 0 Å². The second-order valence-corrected chi connectivity index (χ2v) is 7.46. The Morgan fingerprint density at radius 3 is 2.10 bits per heavy atom. The quantitative estimate of drug-likeness (QED) is 0.327. The highest BCUT2D eigenvalue weighted by Crippen LogP contribution is 2.19. The molecule has 0 aliphatic carbocycles. The van der Waals surface area contributed by atoms with Crippen LogP contribution in [0, 0.1) is 17.8 Å². The van der Waals surface area contributed by atoms with Crippen molar-refractivity contribution in [3.63, 3.8) is 0 Å². The van der Waals surface area contributed by atoms with Crippen molar-refractivity contribution in [2.75, 3.05) is 0 Å². The van der Waals surface area contributed by atoms with E-state index in [0.717, 1.165) is 17.8 Å². The van der Waals surface area contributed by atoms with Gasteiger partial charge in [0, 0.05) is 0 Å². The molecule has 0 rings (SSSR count). The van der Waals surface area contributed by atoms with Crippen LogP contribution in [0.15, 0.2) is 11.6 Å². The molecule has 0 aliphatic rings. The van der Waals surface area contributed by atoms with Crippen LogP contribution in [0.25, 0.3) is 0 Å². The summed E-state index contributed by atoms with van der Waals surface area (Å²) in [6.07, 6.45) is 14.8. The number of rotatable bonds is 12. The van der Waals surface area contributed by atoms with E-state index in [-0.39, 0.29) is 0 Å². The van der Waals surface area contributed by atoms with Gasteiger partial charge in [-0.1, -0.05) is 78.4 Å². The lowest BCUT2D eigenvalue weighted by molar-refractivity contribution is 0.427. The van der Waals surface area contributed by atoms with Gasteiger partial charge in [-0.05, 0) is 50.4 Å². The van der Waals surface area contributed by atoms with Gasteiger partial charge in [-0.25, -0.2) is 0 Å². The van der Waals surface area contributed by atoms with Crippen molar-refractivity contribution in [3.05, 3.63) is 11.6 Å². The van der Waals surface area contributed by atoms with E-state index in [2.05, 4.69) is 47.6 Å². The molecule has 0 bridgehead atoms. The monoisotopic (exact) mass is 280 g/mol. The average Bonchev–Trinajstić information content (AvgIpc) is 2.38. The molecule has 0 radical (unpaired) electrons. The van der Waals surface area contributed by atoms with Gasteiger partial charge in [-0.15, -0.1) is 0 Å². The maximum absolute atomic E-state index is 2.48. The maximum Gasteiger partial charge on any atom is -0.0323 e. The Hall–Kier alpha value is -0.260. The van der Waals surface area contributed by atoms with E-state index < -0.39 is 0 Å². The van der Waals surface area contributed by atoms with Crippen molar-refractivity contribution >= 4 is 0 Å². The summed E-state index contributed by atoms with van der Waals surface area (Å²) in [6.45, 7) is 14.1. The fourth-order valence-electron chi connectivity index (χ4n) is 2.67. The van der Waals surface area contributed by atoms with Gasteiger partial charge < -0.3 is 0 Å². The third-order valence-electron chi connectivity index (χ3n) is 4.60. The fourth-order valence-corrected chi connectivity index (χ4v) is 2.67. The smallest absolute Gasteiger partial charge is 0.0323 e. The third kappa shape index (κ3) is 12.8. The molecule has 0 saturated carbocycles. The van der Waals surface area contributed by atoms with Crippen LogP contribution < -0.4 is 0 Å². The fraction of sp³-hybridized carbons (Fsp3) is 0.900. The second-order valence-electron chi connectivity index (χ2n) is 7.46. The lowest BCUT2D eigenvalue weighted by Crippen LogP contribution is -1.97. The summed E-state index contributed by atoms with van der Waals surface area (Å²) in [5.41, 5.74) is 1.61. The van der Waals surface area contributed by atoms with Crippen LogP contribution in [-0.2, 0) is 0 Å². The molecule has 0 heteroatoms. The molecule has 0 aromatic rings. The first kappa shape index (κ1) is 19.7. The summed E-state index contributed by atoms with van der Waals surface area (Å²) < 4.78 is 0. The highest BCUT2D eigenvalue weighted by molar-refractivity contribution is 4.97. The molecule has 0 fully saturated rings. The number of hydrogen-bond acceptors (Lipinski definition) is 0. The normalized spacial score (nSPS) is 15.7. The topological polar surface area (TPSA) is 0 Å². The Morgan fingerprint density at radius 2 is 1.50 bits per heavy atom. The SMILES string of the molecule is CCC(C)CCC=C(C)CCCC(C)CCCC(C)C. The average molecular weight is 281 g/mol. The largest absolute Gasteiger partial charge is 0.0856 e. The molecule has 0 amide bonds. The summed E-state index contributed by atoms with van der Waals surface area (Å²) >= 11 is 0. The minimum Gasteiger partial charge on any atom is -0.0856 e. The van der Waals surface area contributed by atoms with E-state index in [1.165, 1.54) is 57.8 Å². The summed E-state index contributed by atoms with van der Waals surface area (Å²) in [5.74, 6) is 2.68. The molecule has 0 aromatic carbocycles. The zero-order chi connectivity index (χ0) is 15.4. The molecule has 0 spiro atoms. The van der Waals surface area contributed by atoms with Crippen molar-refractivity contribution in [1.29, 1.82) is 0 Å². The first-order chi connectivity index (χ1) is 9.45. The lowest BCUT2D eigenvalue weighted by Gasteiger charge is -2.12. The molecule has 0 aromatic heterocycles. The van der Waals surface area contributed by atoms with Crippen molar-refractivity contribution in [2.24, 2.45) is 17.8 Å². The van der Waals surface area contributed by atoms with E-state index >= 15 is 0 Å². The van der Waals surface area contributed by atoms with Gasteiger partial charge in [0.15, 0.2) is 0 Å². The van der Waals surface area contributed by atoms with E-state index in [1.54, 1.807) is 5.57 Å². The Labute approximate surface area is 129 Å². The van der Waals surface area contributed by atoms with Gasteiger partial charge in [0.05, 0.1) is 0 Å². The molecule has 0 nitrogen and oxygen atoms in total. The van der Waals surface area contributed by atoms with Crippen LogP contribution in [-0.4, -0.2) is 0 Å². The van der Waals surface area contributed by atoms with E-state index in [4.69, 9.17) is 0 Å². The Morgan fingerprint density at radius 1 is 0.850 bits per heavy atom. The minimum absolute atomic E-state index is 0.873. The van der Waals surface area contributed by atoms with Crippen LogP contribution in [0.1, 0.15) is 99.3 Å². The first-order valence-corrected chi connectivity index (χ1v) is 9.11. The molecule has 0 N–H and O–H groups in total. The molecule has 2 atom stereocenters. The third-order valence-corrected chi connectivity index (χ3v) is 4.60. The van der Waals surface area contributed by atoms with Crippen molar-refractivity contribution in [3.8, 4) is 0 Å². The molecule has 0 saturated heterocycles. The summed E-state index contributed by atoms with van der Waals surface area (Å²) in [6, 6.07) is 0. The van der Waals surface area contributed by atoms with Gasteiger partial charge in [0.1, 0.15) is 0 Å². The Kier molecular flexibility index (Phi) is 12.3. The van der Waals surface area contributed by atoms with Crippen LogP contribution in [0.5, 0.6) is 0 Å². The van der Waals surface area contributed by atoms with Gasteiger partial charge >= 0.3 is 0 Å². The Bertz CT molecular complexity index is 236. The van der Waals surface area contributed by atoms with Gasteiger partial charge in [-0.3, -0.25) is 0 Å². The predicted molar refractivity (Wildman–Crippen MR) is 94.2 cm³/mol. The van der Waals surface area contributed by atoms with Crippen LogP contribution >= 0.6 is 0 Å². The van der Waals surface area contributed by atoms with Gasteiger partial charge in [0.25, 0.3) is 0 Å². The van der Waals surface area contributed by atoms with Crippen molar-refractivity contribution in [1.82, 2.24) is 0 Å². The molecular formula is C20H40. The van der Waals surface area contributed by atoms with Crippen LogP contribution in [0.4, 0.5) is 0 Å². The molecular weight excluding hydrogens is 240 g/mol. The molecule has 120 valence electrons. The van der Waals surface area contributed by atoms with Crippen molar-refractivity contribution in [2.45, 2.75) is 99.3 Å². The zero-order valence-electron chi connectivity index (χ0n) is 15.2. The lowest BCUT2D eigenvalue weighted by atomic mass is 9.94. The maximum atomic E-state index is 2.48. The predicted octanol–water partition coefficient (Wildman–Crippen LogP) is 7.39. The standard InChI is InChI=1S/C20H40/c1-7-18(4)12-9-14-20(6)16-10-15-19(5)13-8-11-17(2)3/h14,17-19H,7-13,15-16H2,1-6H3. The number of hydrogen-bond donors (Lipinski definition) is 0. The van der Waals surface area contributed by atoms with Crippen LogP contribution in [0.3, 0.4) is 0 Å². The zero-order valence-corrected chi connectivity index (χ0v) is 15.2. The minimum atomic E-state index is 0.873. The molecule has 0 aliphatic heterocycles. The van der Waals surface area contributed by atoms with Crippen molar-refractivity contribution < 1.29 is 0 Å². The van der Waals surface area contributed by atoms with Crippen LogP contribution in [0.2, 0.25) is 0 Å².